The average molecular weight is 269 g/mol. The Bertz CT molecular complexity index is 240. The average Bonchev–Trinajstić information content (AvgIpc) is 2.41. The molecule has 6 atom stereocenters. The molecule has 0 aliphatic rings. The van der Waals surface area contributed by atoms with Gasteiger partial charge in [-0.3, -0.25) is 0 Å². The lowest BCUT2D eigenvalue weighted by atomic mass is 9.64. The van der Waals surface area contributed by atoms with E-state index in [1.54, 1.807) is 0 Å². The van der Waals surface area contributed by atoms with Crippen LogP contribution in [-0.2, 0) is 0 Å². The van der Waals surface area contributed by atoms with Crippen LogP contribution in [0.1, 0.15) is 82.1 Å². The standard InChI is InChI=1S/C19H40/c1-11-13(3)14(4)15(5)16(6)17(7)18(8)19(9,10)12-2/h13-18H,11-12H2,1-10H3/t13-,14-,15-,16?,17-,18-/m1/s1. The van der Waals surface area contributed by atoms with Gasteiger partial charge < -0.3 is 0 Å². The Morgan fingerprint density at radius 3 is 1.47 bits per heavy atom. The molecule has 0 saturated heterocycles. The van der Waals surface area contributed by atoms with Crippen molar-refractivity contribution in [2.24, 2.45) is 40.9 Å². The second-order valence-corrected chi connectivity index (χ2v) is 7.95. The van der Waals surface area contributed by atoms with E-state index in [2.05, 4.69) is 69.2 Å². The molecule has 0 aliphatic heterocycles. The summed E-state index contributed by atoms with van der Waals surface area (Å²) in [6.45, 7) is 24.3. The molecule has 0 N–H and O–H groups in total. The maximum atomic E-state index is 2.48. The highest BCUT2D eigenvalue weighted by molar-refractivity contribution is 4.83. The third-order valence-corrected chi connectivity index (χ3v) is 6.96. The van der Waals surface area contributed by atoms with Gasteiger partial charge in [0.25, 0.3) is 0 Å². The molecule has 0 aromatic heterocycles. The first-order valence-corrected chi connectivity index (χ1v) is 8.60. The van der Waals surface area contributed by atoms with Crippen molar-refractivity contribution in [3.8, 4) is 0 Å². The van der Waals surface area contributed by atoms with Crippen LogP contribution in [0.3, 0.4) is 0 Å². The van der Waals surface area contributed by atoms with E-state index in [1.807, 2.05) is 0 Å². The van der Waals surface area contributed by atoms with E-state index in [1.165, 1.54) is 12.8 Å². The predicted molar refractivity (Wildman–Crippen MR) is 89.3 cm³/mol. The van der Waals surface area contributed by atoms with Crippen LogP contribution in [0, 0.1) is 40.9 Å². The van der Waals surface area contributed by atoms with Crippen molar-refractivity contribution in [2.75, 3.05) is 0 Å². The van der Waals surface area contributed by atoms with Gasteiger partial charge in [0.1, 0.15) is 0 Å². The van der Waals surface area contributed by atoms with Gasteiger partial charge >= 0.3 is 0 Å². The first kappa shape index (κ1) is 19.0. The summed E-state index contributed by atoms with van der Waals surface area (Å²) in [5.74, 6) is 4.90. The minimum absolute atomic E-state index is 0.465. The van der Waals surface area contributed by atoms with Crippen LogP contribution < -0.4 is 0 Å². The molecular formula is C19H40. The van der Waals surface area contributed by atoms with Gasteiger partial charge in [-0.1, -0.05) is 82.1 Å². The second kappa shape index (κ2) is 7.70. The molecule has 0 rings (SSSR count). The molecule has 19 heavy (non-hydrogen) atoms. The third kappa shape index (κ3) is 4.80. The van der Waals surface area contributed by atoms with Gasteiger partial charge in [0, 0.05) is 0 Å². The van der Waals surface area contributed by atoms with Gasteiger partial charge in [0.05, 0.1) is 0 Å². The molecule has 0 aliphatic carbocycles. The summed E-state index contributed by atoms with van der Waals surface area (Å²) in [4.78, 5) is 0. The fourth-order valence-corrected chi connectivity index (χ4v) is 3.34. The highest BCUT2D eigenvalue weighted by Gasteiger charge is 2.34. The summed E-state index contributed by atoms with van der Waals surface area (Å²) >= 11 is 0. The summed E-state index contributed by atoms with van der Waals surface area (Å²) < 4.78 is 0. The summed E-state index contributed by atoms with van der Waals surface area (Å²) in [6, 6.07) is 0. The Labute approximate surface area is 123 Å². The Kier molecular flexibility index (Phi) is 7.70. The van der Waals surface area contributed by atoms with Crippen molar-refractivity contribution in [3.05, 3.63) is 0 Å². The highest BCUT2D eigenvalue weighted by Crippen LogP contribution is 2.42. The van der Waals surface area contributed by atoms with Crippen LogP contribution in [0.5, 0.6) is 0 Å². The van der Waals surface area contributed by atoms with Gasteiger partial charge in [-0.05, 0) is 40.9 Å². The molecule has 1 unspecified atom stereocenters. The van der Waals surface area contributed by atoms with Crippen LogP contribution in [0.15, 0.2) is 0 Å². The Hall–Kier alpha value is 0. The molecule has 0 heterocycles. The quantitative estimate of drug-likeness (QED) is 0.462. The molecule has 116 valence electrons. The predicted octanol–water partition coefficient (Wildman–Crippen LogP) is 6.65. The zero-order valence-corrected chi connectivity index (χ0v) is 15.4. The first-order chi connectivity index (χ1) is 8.60. The minimum atomic E-state index is 0.465. The molecule has 0 fully saturated rings. The van der Waals surface area contributed by atoms with E-state index >= 15 is 0 Å². The molecule has 0 bridgehead atoms. The lowest BCUT2D eigenvalue weighted by Crippen LogP contribution is -2.34. The van der Waals surface area contributed by atoms with Crippen molar-refractivity contribution in [1.82, 2.24) is 0 Å². The molecule has 0 nitrogen and oxygen atoms in total. The normalized spacial score (nSPS) is 22.4. The molecule has 0 amide bonds. The van der Waals surface area contributed by atoms with E-state index in [0.29, 0.717) is 5.41 Å². The SMILES string of the molecule is CC[C@@H](C)[C@@H](C)[C@@H](C)C(C)[C@@H](C)[C@@H](C)C(C)(C)CC. The second-order valence-electron chi connectivity index (χ2n) is 7.95. The van der Waals surface area contributed by atoms with Gasteiger partial charge in [0.2, 0.25) is 0 Å². The van der Waals surface area contributed by atoms with E-state index in [0.717, 1.165) is 35.5 Å². The Morgan fingerprint density at radius 1 is 0.684 bits per heavy atom. The maximum Gasteiger partial charge on any atom is -0.0329 e. The summed E-state index contributed by atoms with van der Waals surface area (Å²) in [5.41, 5.74) is 0.465. The van der Waals surface area contributed by atoms with Crippen molar-refractivity contribution in [3.63, 3.8) is 0 Å². The van der Waals surface area contributed by atoms with E-state index in [4.69, 9.17) is 0 Å². The molecule has 0 saturated carbocycles. The van der Waals surface area contributed by atoms with E-state index < -0.39 is 0 Å². The van der Waals surface area contributed by atoms with Crippen molar-refractivity contribution in [1.29, 1.82) is 0 Å². The van der Waals surface area contributed by atoms with E-state index in [-0.39, 0.29) is 0 Å². The largest absolute Gasteiger partial charge is 0.0651 e. The van der Waals surface area contributed by atoms with Crippen molar-refractivity contribution in [2.45, 2.75) is 82.1 Å². The zero-order valence-electron chi connectivity index (χ0n) is 15.4. The van der Waals surface area contributed by atoms with Crippen LogP contribution in [-0.4, -0.2) is 0 Å². The van der Waals surface area contributed by atoms with E-state index in [9.17, 15) is 0 Å². The smallest absolute Gasteiger partial charge is 0.0329 e. The van der Waals surface area contributed by atoms with Crippen LogP contribution in [0.4, 0.5) is 0 Å². The van der Waals surface area contributed by atoms with Crippen LogP contribution >= 0.6 is 0 Å². The minimum Gasteiger partial charge on any atom is -0.0651 e. The summed E-state index contributed by atoms with van der Waals surface area (Å²) in [7, 11) is 0. The molecular weight excluding hydrogens is 228 g/mol. The molecule has 0 spiro atoms. The first-order valence-electron chi connectivity index (χ1n) is 8.60. The molecule has 0 radical (unpaired) electrons. The van der Waals surface area contributed by atoms with Crippen molar-refractivity contribution < 1.29 is 0 Å². The number of hydrogen-bond donors (Lipinski definition) is 0. The zero-order chi connectivity index (χ0) is 15.4. The van der Waals surface area contributed by atoms with Gasteiger partial charge in [-0.15, -0.1) is 0 Å². The number of rotatable bonds is 8. The Morgan fingerprint density at radius 2 is 1.11 bits per heavy atom. The highest BCUT2D eigenvalue weighted by atomic mass is 14.4. The van der Waals surface area contributed by atoms with Gasteiger partial charge in [0.15, 0.2) is 0 Å². The topological polar surface area (TPSA) is 0 Å². The summed E-state index contributed by atoms with van der Waals surface area (Å²) in [6.07, 6.45) is 2.59. The maximum absolute atomic E-state index is 2.48. The Balaban J connectivity index is 4.76. The van der Waals surface area contributed by atoms with Gasteiger partial charge in [-0.2, -0.15) is 0 Å². The fraction of sp³-hybridized carbons (Fsp3) is 1.00. The monoisotopic (exact) mass is 268 g/mol. The summed E-state index contributed by atoms with van der Waals surface area (Å²) in [5, 5.41) is 0. The lowest BCUT2D eigenvalue weighted by Gasteiger charge is -2.41. The molecule has 0 aromatic carbocycles. The third-order valence-electron chi connectivity index (χ3n) is 6.96. The van der Waals surface area contributed by atoms with Gasteiger partial charge in [-0.25, -0.2) is 0 Å². The molecule has 0 aromatic rings. The van der Waals surface area contributed by atoms with Crippen LogP contribution in [0.2, 0.25) is 0 Å². The fourth-order valence-electron chi connectivity index (χ4n) is 3.34. The van der Waals surface area contributed by atoms with Crippen LogP contribution in [0.25, 0.3) is 0 Å². The number of hydrogen-bond acceptors (Lipinski definition) is 0. The van der Waals surface area contributed by atoms with Crippen molar-refractivity contribution >= 4 is 0 Å². The molecule has 0 heteroatoms. The lowest BCUT2D eigenvalue weighted by molar-refractivity contribution is 0.0764.